The number of hydrogen-bond donors (Lipinski definition) is 5. The Labute approximate surface area is 319 Å². The molecule has 2 fully saturated rings. The molecule has 1 atom stereocenters. The van der Waals surface area contributed by atoms with Gasteiger partial charge in [-0.2, -0.15) is 15.0 Å². The van der Waals surface area contributed by atoms with E-state index in [1.165, 1.54) is 18.5 Å². The first kappa shape index (κ1) is 38.6. The zero-order valence-corrected chi connectivity index (χ0v) is 32.1. The Kier molecular flexibility index (Phi) is 12.9. The summed E-state index contributed by atoms with van der Waals surface area (Å²) < 4.78 is 0. The van der Waals surface area contributed by atoms with Crippen molar-refractivity contribution in [2.75, 3.05) is 90.5 Å². The number of nitrogens with one attached hydrogen (secondary N) is 2. The standard InChI is InChI=1S/C36H49Cl2N9O4S/c1-44(2)35-41-33(40-34(42-35)43-36(20-48,21-49)22-50)39-13-7-3-4-8-24-16-28(38)25(17-27(24)37)18-45-23-52-19-31(45)32(51)47-15-14-46(26-11-12-26)29-9-5-6-10-30(29)47/h5-6,9-10,16-17,26,31,48-50H,3-4,7-8,11-15,18-23H2,1-2H3,(H2,39,40,41,42,43)/t31-/m0/s1. The minimum absolute atomic E-state index is 0.131. The minimum atomic E-state index is -1.36. The molecule has 1 saturated carbocycles. The average Bonchev–Trinajstić information content (AvgIpc) is 3.90. The average molecular weight is 775 g/mol. The van der Waals surface area contributed by atoms with Gasteiger partial charge in [0.15, 0.2) is 0 Å². The zero-order valence-electron chi connectivity index (χ0n) is 29.8. The number of aromatic nitrogens is 3. The smallest absolute Gasteiger partial charge is 0.245 e. The van der Waals surface area contributed by atoms with E-state index < -0.39 is 25.4 Å². The number of nitrogens with zero attached hydrogens (tertiary/aromatic N) is 7. The summed E-state index contributed by atoms with van der Waals surface area (Å²) in [5, 5.41) is 36.5. The Morgan fingerprint density at radius 3 is 2.35 bits per heavy atom. The number of halogens is 2. The molecule has 0 unspecified atom stereocenters. The van der Waals surface area contributed by atoms with Crippen molar-refractivity contribution in [3.63, 3.8) is 0 Å². The molecular weight excluding hydrogens is 725 g/mol. The summed E-state index contributed by atoms with van der Waals surface area (Å²) in [5.74, 6) is 2.53. The number of hydrogen-bond acceptors (Lipinski definition) is 13. The first-order valence-electron chi connectivity index (χ1n) is 17.9. The predicted molar refractivity (Wildman–Crippen MR) is 210 cm³/mol. The summed E-state index contributed by atoms with van der Waals surface area (Å²) in [6.07, 6.45) is 5.92. The number of aliphatic hydroxyl groups is 3. The molecule has 3 aromatic rings. The van der Waals surface area contributed by atoms with E-state index in [1.54, 1.807) is 30.8 Å². The van der Waals surface area contributed by atoms with Crippen LogP contribution >= 0.6 is 35.0 Å². The van der Waals surface area contributed by atoms with Crippen molar-refractivity contribution in [3.05, 3.63) is 57.6 Å². The van der Waals surface area contributed by atoms with Gasteiger partial charge in [-0.25, -0.2) is 0 Å². The van der Waals surface area contributed by atoms with Gasteiger partial charge in [-0.15, -0.1) is 11.8 Å². The summed E-state index contributed by atoms with van der Waals surface area (Å²) in [5.41, 5.74) is 2.75. The number of thioether (sulfide) groups is 1. The van der Waals surface area contributed by atoms with Crippen LogP contribution in [-0.4, -0.2) is 124 Å². The Morgan fingerprint density at radius 1 is 0.942 bits per heavy atom. The lowest BCUT2D eigenvalue weighted by molar-refractivity contribution is -0.122. The molecule has 16 heteroatoms. The summed E-state index contributed by atoms with van der Waals surface area (Å²) in [6.45, 7) is 1.24. The Balaban J connectivity index is 1.00. The molecule has 0 radical (unpaired) electrons. The van der Waals surface area contributed by atoms with Gasteiger partial charge in [0.1, 0.15) is 5.54 Å². The van der Waals surface area contributed by atoms with Crippen molar-refractivity contribution in [3.8, 4) is 0 Å². The largest absolute Gasteiger partial charge is 0.394 e. The van der Waals surface area contributed by atoms with Crippen LogP contribution in [0, 0.1) is 0 Å². The number of benzene rings is 2. The number of amides is 1. The van der Waals surface area contributed by atoms with Crippen LogP contribution in [0.2, 0.25) is 10.0 Å². The normalized spacial score (nSPS) is 17.7. The van der Waals surface area contributed by atoms with E-state index in [4.69, 9.17) is 23.2 Å². The number of anilines is 5. The van der Waals surface area contributed by atoms with E-state index in [2.05, 4.69) is 53.6 Å². The lowest BCUT2D eigenvalue weighted by Crippen LogP contribution is -2.52. The maximum atomic E-state index is 14.0. The van der Waals surface area contributed by atoms with Crippen molar-refractivity contribution in [2.24, 2.45) is 0 Å². The third-order valence-corrected chi connectivity index (χ3v) is 11.6. The highest BCUT2D eigenvalue weighted by Gasteiger charge is 2.40. The second kappa shape index (κ2) is 17.4. The fraction of sp³-hybridized carbons (Fsp3) is 0.556. The van der Waals surface area contributed by atoms with E-state index in [9.17, 15) is 20.1 Å². The lowest BCUT2D eigenvalue weighted by Gasteiger charge is -2.39. The molecule has 5 N–H and O–H groups in total. The number of fused-ring (bicyclic) bond motifs is 1. The Hall–Kier alpha value is -3.11. The maximum Gasteiger partial charge on any atom is 0.245 e. The zero-order chi connectivity index (χ0) is 36.8. The third kappa shape index (κ3) is 8.98. The second-order valence-corrected chi connectivity index (χ2v) is 15.8. The number of unbranched alkanes of at least 4 members (excludes halogenated alkanes) is 2. The van der Waals surface area contributed by atoms with Gasteiger partial charge in [-0.05, 0) is 67.5 Å². The number of rotatable bonds is 17. The third-order valence-electron chi connectivity index (χ3n) is 9.86. The lowest BCUT2D eigenvalue weighted by atomic mass is 10.0. The van der Waals surface area contributed by atoms with Gasteiger partial charge in [0.05, 0.1) is 37.2 Å². The Bertz CT molecular complexity index is 1690. The fourth-order valence-corrected chi connectivity index (χ4v) is 8.32. The topological polar surface area (TPSA) is 153 Å². The van der Waals surface area contributed by atoms with Gasteiger partial charge < -0.3 is 40.7 Å². The van der Waals surface area contributed by atoms with Crippen LogP contribution in [0.25, 0.3) is 0 Å². The molecule has 1 amide bonds. The van der Waals surface area contributed by atoms with Gasteiger partial charge in [-0.1, -0.05) is 41.8 Å². The van der Waals surface area contributed by atoms with Gasteiger partial charge >= 0.3 is 0 Å². The van der Waals surface area contributed by atoms with Crippen LogP contribution in [-0.2, 0) is 17.8 Å². The minimum Gasteiger partial charge on any atom is -0.394 e. The monoisotopic (exact) mass is 773 g/mol. The van der Waals surface area contributed by atoms with E-state index in [-0.39, 0.29) is 17.9 Å². The van der Waals surface area contributed by atoms with E-state index in [0.29, 0.717) is 47.6 Å². The van der Waals surface area contributed by atoms with Gasteiger partial charge in [0.2, 0.25) is 23.8 Å². The highest BCUT2D eigenvalue weighted by atomic mass is 35.5. The van der Waals surface area contributed by atoms with Gasteiger partial charge in [0, 0.05) is 68.0 Å². The number of aliphatic hydroxyl groups excluding tert-OH is 3. The van der Waals surface area contributed by atoms with Crippen molar-refractivity contribution in [1.82, 2.24) is 19.9 Å². The molecule has 3 heterocycles. The molecule has 2 aliphatic heterocycles. The summed E-state index contributed by atoms with van der Waals surface area (Å²) in [6, 6.07) is 12.6. The van der Waals surface area contributed by atoms with Crippen molar-refractivity contribution in [2.45, 2.75) is 62.7 Å². The van der Waals surface area contributed by atoms with Gasteiger partial charge in [0.25, 0.3) is 0 Å². The van der Waals surface area contributed by atoms with E-state index in [0.717, 1.165) is 60.7 Å². The molecular formula is C36H49Cl2N9O4S. The second-order valence-electron chi connectivity index (χ2n) is 14.0. The number of carbonyl (C=O) groups excluding carboxylic acids is 1. The summed E-state index contributed by atoms with van der Waals surface area (Å²) in [4.78, 5) is 35.6. The van der Waals surface area contributed by atoms with Crippen LogP contribution in [0.4, 0.5) is 29.2 Å². The van der Waals surface area contributed by atoms with Crippen LogP contribution in [0.5, 0.6) is 0 Å². The molecule has 0 bridgehead atoms. The molecule has 1 aromatic heterocycles. The molecule has 13 nitrogen and oxygen atoms in total. The summed E-state index contributed by atoms with van der Waals surface area (Å²) in [7, 11) is 3.59. The van der Waals surface area contributed by atoms with Crippen molar-refractivity contribution in [1.29, 1.82) is 0 Å². The number of carbonyl (C=O) groups is 1. The predicted octanol–water partition coefficient (Wildman–Crippen LogP) is 4.09. The molecule has 282 valence electrons. The highest BCUT2D eigenvalue weighted by Crippen LogP contribution is 2.41. The highest BCUT2D eigenvalue weighted by molar-refractivity contribution is 7.99. The van der Waals surface area contributed by atoms with Gasteiger partial charge in [-0.3, -0.25) is 9.69 Å². The molecule has 6 rings (SSSR count). The van der Waals surface area contributed by atoms with Crippen LogP contribution in [0.15, 0.2) is 36.4 Å². The van der Waals surface area contributed by atoms with E-state index in [1.807, 2.05) is 23.1 Å². The van der Waals surface area contributed by atoms with E-state index >= 15 is 0 Å². The fourth-order valence-electron chi connectivity index (χ4n) is 6.60. The quantitative estimate of drug-likeness (QED) is 0.125. The Morgan fingerprint density at radius 2 is 1.63 bits per heavy atom. The van der Waals surface area contributed by atoms with Crippen LogP contribution in [0.1, 0.15) is 43.2 Å². The number of aryl methyl sites for hydroxylation is 1. The maximum absolute atomic E-state index is 14.0. The molecule has 1 aliphatic carbocycles. The first-order valence-corrected chi connectivity index (χ1v) is 19.8. The molecule has 0 spiro atoms. The molecule has 52 heavy (non-hydrogen) atoms. The van der Waals surface area contributed by atoms with Crippen molar-refractivity contribution < 1.29 is 20.1 Å². The molecule has 1 saturated heterocycles. The number of para-hydroxylation sites is 2. The molecule has 2 aromatic carbocycles. The summed E-state index contributed by atoms with van der Waals surface area (Å²) >= 11 is 15.4. The first-order chi connectivity index (χ1) is 25.1. The van der Waals surface area contributed by atoms with Crippen molar-refractivity contribution >= 4 is 70.1 Å². The van der Waals surface area contributed by atoms with Crippen LogP contribution < -0.4 is 25.3 Å². The molecule has 3 aliphatic rings. The SMILES string of the molecule is CN(C)c1nc(NCCCCCc2cc(Cl)c(CN3CSC[C@H]3C(=O)N3CCN(C4CC4)c4ccccc43)cc2Cl)nc(NC(CO)(CO)CO)n1. The van der Waals surface area contributed by atoms with Crippen LogP contribution in [0.3, 0.4) is 0 Å².